The molecule has 1 aromatic carbocycles. The lowest BCUT2D eigenvalue weighted by atomic mass is 9.82. The van der Waals surface area contributed by atoms with Crippen LogP contribution in [0.25, 0.3) is 5.78 Å². The van der Waals surface area contributed by atoms with E-state index in [1.807, 2.05) is 18.2 Å². The van der Waals surface area contributed by atoms with Gasteiger partial charge in [-0.2, -0.15) is 4.98 Å². The molecule has 0 saturated heterocycles. The zero-order valence-corrected chi connectivity index (χ0v) is 13.9. The summed E-state index contributed by atoms with van der Waals surface area (Å²) in [5.41, 5.74) is 7.92. The van der Waals surface area contributed by atoms with E-state index in [9.17, 15) is 4.79 Å². The third kappa shape index (κ3) is 2.55. The number of anilines is 1. The molecule has 0 spiro atoms. The van der Waals surface area contributed by atoms with E-state index >= 15 is 0 Å². The van der Waals surface area contributed by atoms with E-state index in [2.05, 4.69) is 15.1 Å². The van der Waals surface area contributed by atoms with Crippen LogP contribution < -0.4 is 15.2 Å². The Hall–Kier alpha value is -3.16. The van der Waals surface area contributed by atoms with Gasteiger partial charge in [0, 0.05) is 12.6 Å². The van der Waals surface area contributed by atoms with Crippen molar-refractivity contribution in [3.8, 4) is 11.5 Å². The first kappa shape index (κ1) is 15.4. The topological polar surface area (TPSA) is 105 Å². The summed E-state index contributed by atoms with van der Waals surface area (Å²) in [6.45, 7) is 0. The van der Waals surface area contributed by atoms with Crippen LogP contribution in [0, 0.1) is 0 Å². The van der Waals surface area contributed by atoms with Crippen molar-refractivity contribution in [1.29, 1.82) is 0 Å². The molecule has 8 heteroatoms. The molecular formula is C17H17N5O3. The number of hydrogen-bond acceptors (Lipinski definition) is 7. The number of carbonyl (C=O) groups is 1. The molecule has 2 N–H and O–H groups in total. The van der Waals surface area contributed by atoms with Crippen LogP contribution in [-0.2, 0) is 6.42 Å². The second-order valence-electron chi connectivity index (χ2n) is 5.96. The number of nitrogens with two attached hydrogens (primary N) is 1. The van der Waals surface area contributed by atoms with Gasteiger partial charge in [-0.3, -0.25) is 4.79 Å². The number of fused-ring (bicyclic) bond motifs is 2. The lowest BCUT2D eigenvalue weighted by Crippen LogP contribution is -2.21. The van der Waals surface area contributed by atoms with E-state index < -0.39 is 0 Å². The first-order valence-electron chi connectivity index (χ1n) is 7.86. The predicted molar refractivity (Wildman–Crippen MR) is 90.1 cm³/mol. The van der Waals surface area contributed by atoms with Crippen molar-refractivity contribution < 1.29 is 14.3 Å². The van der Waals surface area contributed by atoms with Crippen LogP contribution in [0.5, 0.6) is 11.5 Å². The highest BCUT2D eigenvalue weighted by atomic mass is 16.5. The molecule has 2 heterocycles. The highest BCUT2D eigenvalue weighted by Crippen LogP contribution is 2.36. The van der Waals surface area contributed by atoms with Gasteiger partial charge in [0.15, 0.2) is 17.3 Å². The summed E-state index contributed by atoms with van der Waals surface area (Å²) in [6.07, 6.45) is 2.70. The van der Waals surface area contributed by atoms with E-state index in [1.54, 1.807) is 20.4 Å². The molecular weight excluding hydrogens is 322 g/mol. The molecule has 0 saturated carbocycles. The number of carbonyl (C=O) groups excluding carboxylic acids is 1. The molecule has 0 unspecified atom stereocenters. The van der Waals surface area contributed by atoms with Gasteiger partial charge in [0.1, 0.15) is 0 Å². The second kappa shape index (κ2) is 5.73. The van der Waals surface area contributed by atoms with Gasteiger partial charge in [0.25, 0.3) is 5.78 Å². The molecule has 0 aliphatic heterocycles. The summed E-state index contributed by atoms with van der Waals surface area (Å²) in [4.78, 5) is 21.1. The summed E-state index contributed by atoms with van der Waals surface area (Å²) >= 11 is 0. The maximum atomic E-state index is 12.6. The van der Waals surface area contributed by atoms with Gasteiger partial charge in [0.2, 0.25) is 5.95 Å². The van der Waals surface area contributed by atoms with Crippen LogP contribution in [0.4, 0.5) is 5.95 Å². The molecule has 8 nitrogen and oxygen atoms in total. The summed E-state index contributed by atoms with van der Waals surface area (Å²) in [6, 6.07) is 5.72. The molecule has 0 amide bonds. The Morgan fingerprint density at radius 1 is 1.16 bits per heavy atom. The molecule has 4 rings (SSSR count). The largest absolute Gasteiger partial charge is 0.493 e. The highest BCUT2D eigenvalue weighted by Gasteiger charge is 2.29. The van der Waals surface area contributed by atoms with Crippen LogP contribution in [-0.4, -0.2) is 39.6 Å². The number of ether oxygens (including phenoxy) is 2. The van der Waals surface area contributed by atoms with Crippen molar-refractivity contribution in [3.05, 3.63) is 41.2 Å². The van der Waals surface area contributed by atoms with Crippen molar-refractivity contribution in [3.63, 3.8) is 0 Å². The zero-order chi connectivity index (χ0) is 17.6. The SMILES string of the molecule is COc1ccc([C@@H]2CC(=O)c3cn4nc(N)nc4nc3C2)cc1OC. The van der Waals surface area contributed by atoms with Gasteiger partial charge in [-0.1, -0.05) is 6.07 Å². The monoisotopic (exact) mass is 339 g/mol. The molecule has 1 atom stereocenters. The summed E-state index contributed by atoms with van der Waals surface area (Å²) in [5.74, 6) is 1.90. The minimum Gasteiger partial charge on any atom is -0.493 e. The summed E-state index contributed by atoms with van der Waals surface area (Å²) < 4.78 is 12.1. The Kier molecular flexibility index (Phi) is 3.52. The molecule has 0 radical (unpaired) electrons. The van der Waals surface area contributed by atoms with Gasteiger partial charge < -0.3 is 15.2 Å². The Morgan fingerprint density at radius 2 is 1.96 bits per heavy atom. The lowest BCUT2D eigenvalue weighted by molar-refractivity contribution is 0.0962. The van der Waals surface area contributed by atoms with Gasteiger partial charge in [0.05, 0.1) is 25.5 Å². The number of benzene rings is 1. The first-order valence-corrected chi connectivity index (χ1v) is 7.86. The van der Waals surface area contributed by atoms with Crippen LogP contribution >= 0.6 is 0 Å². The number of rotatable bonds is 3. The fourth-order valence-corrected chi connectivity index (χ4v) is 3.24. The zero-order valence-electron chi connectivity index (χ0n) is 13.9. The molecule has 0 fully saturated rings. The lowest BCUT2D eigenvalue weighted by Gasteiger charge is -2.23. The van der Waals surface area contributed by atoms with Crippen molar-refractivity contribution >= 4 is 17.5 Å². The van der Waals surface area contributed by atoms with Gasteiger partial charge in [-0.25, -0.2) is 9.50 Å². The summed E-state index contributed by atoms with van der Waals surface area (Å²) in [7, 11) is 3.19. The van der Waals surface area contributed by atoms with Crippen molar-refractivity contribution in [2.24, 2.45) is 0 Å². The fourth-order valence-electron chi connectivity index (χ4n) is 3.24. The minimum absolute atomic E-state index is 0.0232. The van der Waals surface area contributed by atoms with Crippen LogP contribution in [0.2, 0.25) is 0 Å². The number of ketones is 1. The quantitative estimate of drug-likeness (QED) is 0.773. The standard InChI is InChI=1S/C17H17N5O3/c1-24-14-4-3-9(7-15(14)25-2)10-5-12-11(13(23)6-10)8-22-17(19-12)20-16(18)21-22/h3-4,7-8,10H,5-6H2,1-2H3,(H2,18,21)/t10-/m0/s1. The number of nitrogens with zero attached hydrogens (tertiary/aromatic N) is 4. The molecule has 0 bridgehead atoms. The van der Waals surface area contributed by atoms with E-state index in [0.29, 0.717) is 35.7 Å². The van der Waals surface area contributed by atoms with Crippen molar-refractivity contribution in [1.82, 2.24) is 19.6 Å². The Bertz CT molecular complexity index is 982. The predicted octanol–water partition coefficient (Wildman–Crippen LogP) is 1.64. The highest BCUT2D eigenvalue weighted by molar-refractivity contribution is 5.98. The first-order chi connectivity index (χ1) is 12.1. The Balaban J connectivity index is 1.73. The Labute approximate surface area is 143 Å². The van der Waals surface area contributed by atoms with Crippen molar-refractivity contribution in [2.75, 3.05) is 20.0 Å². The maximum absolute atomic E-state index is 12.6. The number of aromatic nitrogens is 4. The third-order valence-corrected chi connectivity index (χ3v) is 4.48. The van der Waals surface area contributed by atoms with Crippen molar-refractivity contribution in [2.45, 2.75) is 18.8 Å². The molecule has 1 aliphatic carbocycles. The summed E-state index contributed by atoms with van der Waals surface area (Å²) in [5, 5.41) is 4.01. The smallest absolute Gasteiger partial charge is 0.254 e. The van der Waals surface area contributed by atoms with Gasteiger partial charge >= 0.3 is 0 Å². The minimum atomic E-state index is 0.0232. The average Bonchev–Trinajstić information content (AvgIpc) is 2.98. The average molecular weight is 339 g/mol. The molecule has 128 valence electrons. The van der Waals surface area contributed by atoms with E-state index in [0.717, 1.165) is 11.3 Å². The number of methoxy groups -OCH3 is 2. The number of Topliss-reactive ketones (excluding diaryl/α,β-unsaturated/α-hetero) is 1. The maximum Gasteiger partial charge on any atom is 0.254 e. The van der Waals surface area contributed by atoms with E-state index in [1.165, 1.54) is 4.52 Å². The molecule has 25 heavy (non-hydrogen) atoms. The number of nitrogen functional groups attached to an aromatic ring is 1. The second-order valence-corrected chi connectivity index (χ2v) is 5.96. The molecule has 1 aliphatic rings. The Morgan fingerprint density at radius 3 is 2.72 bits per heavy atom. The van der Waals surface area contributed by atoms with E-state index in [4.69, 9.17) is 15.2 Å². The van der Waals surface area contributed by atoms with Crippen LogP contribution in [0.1, 0.15) is 34.0 Å². The van der Waals surface area contributed by atoms with Gasteiger partial charge in [-0.15, -0.1) is 5.10 Å². The molecule has 2 aromatic heterocycles. The van der Waals surface area contributed by atoms with Crippen LogP contribution in [0.3, 0.4) is 0 Å². The third-order valence-electron chi connectivity index (χ3n) is 4.48. The normalized spacial score (nSPS) is 16.7. The van der Waals surface area contributed by atoms with Gasteiger partial charge in [-0.05, 0) is 30.0 Å². The number of hydrogen-bond donors (Lipinski definition) is 1. The molecule has 3 aromatic rings. The van der Waals surface area contributed by atoms with Crippen LogP contribution in [0.15, 0.2) is 24.4 Å². The van der Waals surface area contributed by atoms with E-state index in [-0.39, 0.29) is 17.6 Å². The fraction of sp³-hybridized carbons (Fsp3) is 0.294.